The second-order valence-electron chi connectivity index (χ2n) is 7.23. The molecule has 2 aromatic rings. The van der Waals surface area contributed by atoms with Crippen LogP contribution < -0.4 is 15.4 Å². The molecule has 1 atom stereocenters. The first kappa shape index (κ1) is 17.3. The van der Waals surface area contributed by atoms with E-state index in [-0.39, 0.29) is 11.5 Å². The van der Waals surface area contributed by atoms with Gasteiger partial charge in [-0.3, -0.25) is 4.99 Å². The standard InChI is InChI=1S/C19H26N4O2/c1-19(2,3)16-11-21-17(25-16)12-23-18(20-4)22-10-14-9-13-7-5-6-8-15(13)24-14/h5-8,11,14H,9-10,12H2,1-4H3,(H2,20,22,23). The summed E-state index contributed by atoms with van der Waals surface area (Å²) in [6.07, 6.45) is 2.82. The Labute approximate surface area is 148 Å². The second kappa shape index (κ2) is 7.17. The highest BCUT2D eigenvalue weighted by Crippen LogP contribution is 2.27. The average molecular weight is 342 g/mol. The van der Waals surface area contributed by atoms with Crippen molar-refractivity contribution in [2.45, 2.75) is 45.3 Å². The van der Waals surface area contributed by atoms with E-state index < -0.39 is 0 Å². The topological polar surface area (TPSA) is 71.7 Å². The minimum absolute atomic E-state index is 0.0417. The van der Waals surface area contributed by atoms with Crippen molar-refractivity contribution in [1.29, 1.82) is 0 Å². The van der Waals surface area contributed by atoms with Gasteiger partial charge in [-0.15, -0.1) is 0 Å². The van der Waals surface area contributed by atoms with Crippen molar-refractivity contribution in [2.75, 3.05) is 13.6 Å². The summed E-state index contributed by atoms with van der Waals surface area (Å²) >= 11 is 0. The van der Waals surface area contributed by atoms with Crippen molar-refractivity contribution >= 4 is 5.96 Å². The molecular formula is C19H26N4O2. The SMILES string of the molecule is CN=C(NCc1ncc(C(C)(C)C)o1)NCC1Cc2ccccc2O1. The quantitative estimate of drug-likeness (QED) is 0.660. The number of nitrogens with one attached hydrogen (secondary N) is 2. The summed E-state index contributed by atoms with van der Waals surface area (Å²) in [5.74, 6) is 3.21. The summed E-state index contributed by atoms with van der Waals surface area (Å²) in [7, 11) is 1.75. The van der Waals surface area contributed by atoms with Crippen LogP contribution in [0.4, 0.5) is 0 Å². The fraction of sp³-hybridized carbons (Fsp3) is 0.474. The lowest BCUT2D eigenvalue weighted by Crippen LogP contribution is -2.42. The fourth-order valence-electron chi connectivity index (χ4n) is 2.70. The van der Waals surface area contributed by atoms with Crippen LogP contribution in [0.15, 0.2) is 39.9 Å². The van der Waals surface area contributed by atoms with Gasteiger partial charge in [-0.1, -0.05) is 39.0 Å². The number of ether oxygens (including phenoxy) is 1. The molecule has 6 nitrogen and oxygen atoms in total. The molecule has 0 saturated carbocycles. The van der Waals surface area contributed by atoms with Crippen LogP contribution in [0.2, 0.25) is 0 Å². The molecule has 25 heavy (non-hydrogen) atoms. The molecule has 0 amide bonds. The second-order valence-corrected chi connectivity index (χ2v) is 7.23. The van der Waals surface area contributed by atoms with Crippen LogP contribution in [-0.2, 0) is 18.4 Å². The van der Waals surface area contributed by atoms with Crippen LogP contribution in [0.5, 0.6) is 5.75 Å². The van der Waals surface area contributed by atoms with E-state index in [0.29, 0.717) is 24.9 Å². The summed E-state index contributed by atoms with van der Waals surface area (Å²) in [5, 5.41) is 6.52. The predicted octanol–water partition coefficient (Wildman–Crippen LogP) is 2.64. The zero-order valence-electron chi connectivity index (χ0n) is 15.3. The van der Waals surface area contributed by atoms with E-state index in [1.54, 1.807) is 13.2 Å². The third-order valence-electron chi connectivity index (χ3n) is 4.13. The van der Waals surface area contributed by atoms with E-state index in [2.05, 4.69) is 47.4 Å². The van der Waals surface area contributed by atoms with E-state index in [1.807, 2.05) is 18.2 Å². The number of aliphatic imine (C=N–C) groups is 1. The smallest absolute Gasteiger partial charge is 0.213 e. The van der Waals surface area contributed by atoms with Crippen LogP contribution in [-0.4, -0.2) is 30.6 Å². The summed E-state index contributed by atoms with van der Waals surface area (Å²) in [6.45, 7) is 7.48. The number of para-hydroxylation sites is 1. The first-order chi connectivity index (χ1) is 12.0. The number of benzene rings is 1. The van der Waals surface area contributed by atoms with Crippen molar-refractivity contribution < 1.29 is 9.15 Å². The molecule has 2 heterocycles. The minimum atomic E-state index is -0.0417. The Morgan fingerprint density at radius 2 is 2.08 bits per heavy atom. The van der Waals surface area contributed by atoms with E-state index >= 15 is 0 Å². The third kappa shape index (κ3) is 4.32. The molecule has 0 fully saturated rings. The molecule has 0 spiro atoms. The van der Waals surface area contributed by atoms with Gasteiger partial charge >= 0.3 is 0 Å². The lowest BCUT2D eigenvalue weighted by molar-refractivity contribution is 0.235. The number of hydrogen-bond acceptors (Lipinski definition) is 4. The molecule has 1 aromatic heterocycles. The summed E-state index contributed by atoms with van der Waals surface area (Å²) in [6, 6.07) is 8.16. The maximum Gasteiger partial charge on any atom is 0.213 e. The number of rotatable bonds is 4. The first-order valence-corrected chi connectivity index (χ1v) is 8.60. The van der Waals surface area contributed by atoms with Crippen molar-refractivity contribution in [1.82, 2.24) is 15.6 Å². The van der Waals surface area contributed by atoms with Crippen molar-refractivity contribution in [2.24, 2.45) is 4.99 Å². The van der Waals surface area contributed by atoms with E-state index in [4.69, 9.17) is 9.15 Å². The largest absolute Gasteiger partial charge is 0.488 e. The van der Waals surface area contributed by atoms with E-state index in [0.717, 1.165) is 17.9 Å². The minimum Gasteiger partial charge on any atom is -0.488 e. The highest BCUT2D eigenvalue weighted by molar-refractivity contribution is 5.79. The van der Waals surface area contributed by atoms with Crippen molar-refractivity contribution in [3.63, 3.8) is 0 Å². The molecule has 3 rings (SSSR count). The lowest BCUT2D eigenvalue weighted by Gasteiger charge is -2.15. The monoisotopic (exact) mass is 342 g/mol. The van der Waals surface area contributed by atoms with Crippen molar-refractivity contribution in [3.05, 3.63) is 47.7 Å². The maximum atomic E-state index is 5.93. The predicted molar refractivity (Wildman–Crippen MR) is 98.0 cm³/mol. The van der Waals surface area contributed by atoms with Crippen LogP contribution in [0.25, 0.3) is 0 Å². The molecule has 0 saturated heterocycles. The van der Waals surface area contributed by atoms with Gasteiger partial charge in [-0.05, 0) is 11.6 Å². The van der Waals surface area contributed by atoms with Gasteiger partial charge in [0.05, 0.1) is 19.3 Å². The number of guanidine groups is 1. The zero-order valence-corrected chi connectivity index (χ0v) is 15.3. The number of fused-ring (bicyclic) bond motifs is 1. The molecule has 1 aliphatic rings. The number of oxazole rings is 1. The van der Waals surface area contributed by atoms with Gasteiger partial charge in [-0.25, -0.2) is 4.98 Å². The van der Waals surface area contributed by atoms with Gasteiger partial charge in [0, 0.05) is 18.9 Å². The van der Waals surface area contributed by atoms with Gasteiger partial charge < -0.3 is 19.8 Å². The first-order valence-electron chi connectivity index (χ1n) is 8.60. The normalized spacial score (nSPS) is 17.1. The average Bonchev–Trinajstić information content (AvgIpc) is 3.21. The lowest BCUT2D eigenvalue weighted by atomic mass is 9.94. The Hall–Kier alpha value is -2.50. The molecular weight excluding hydrogens is 316 g/mol. The Morgan fingerprint density at radius 3 is 2.76 bits per heavy atom. The molecule has 134 valence electrons. The molecule has 0 bridgehead atoms. The molecule has 0 radical (unpaired) electrons. The number of hydrogen-bond donors (Lipinski definition) is 2. The Balaban J connectivity index is 1.47. The summed E-state index contributed by atoms with van der Waals surface area (Å²) < 4.78 is 11.7. The molecule has 1 aromatic carbocycles. The molecule has 1 unspecified atom stereocenters. The highest BCUT2D eigenvalue weighted by atomic mass is 16.5. The number of aromatic nitrogens is 1. The Bertz CT molecular complexity index is 721. The fourth-order valence-corrected chi connectivity index (χ4v) is 2.70. The van der Waals surface area contributed by atoms with Crippen LogP contribution in [0.1, 0.15) is 38.0 Å². The van der Waals surface area contributed by atoms with Gasteiger partial charge in [-0.2, -0.15) is 0 Å². The Morgan fingerprint density at radius 1 is 1.28 bits per heavy atom. The van der Waals surface area contributed by atoms with Gasteiger partial charge in [0.2, 0.25) is 5.89 Å². The van der Waals surface area contributed by atoms with Gasteiger partial charge in [0.1, 0.15) is 17.6 Å². The molecule has 6 heteroatoms. The maximum absolute atomic E-state index is 5.93. The molecule has 2 N–H and O–H groups in total. The molecule has 0 aliphatic carbocycles. The third-order valence-corrected chi connectivity index (χ3v) is 4.13. The van der Waals surface area contributed by atoms with Crippen molar-refractivity contribution in [3.8, 4) is 5.75 Å². The van der Waals surface area contributed by atoms with Crippen LogP contribution >= 0.6 is 0 Å². The summed E-state index contributed by atoms with van der Waals surface area (Å²) in [5.41, 5.74) is 1.21. The van der Waals surface area contributed by atoms with Crippen LogP contribution in [0.3, 0.4) is 0 Å². The zero-order chi connectivity index (χ0) is 17.9. The highest BCUT2D eigenvalue weighted by Gasteiger charge is 2.22. The van der Waals surface area contributed by atoms with Gasteiger partial charge in [0.25, 0.3) is 0 Å². The Kier molecular flexibility index (Phi) is 4.97. The van der Waals surface area contributed by atoms with Gasteiger partial charge in [0.15, 0.2) is 5.96 Å². The summed E-state index contributed by atoms with van der Waals surface area (Å²) in [4.78, 5) is 8.56. The number of nitrogens with zero attached hydrogens (tertiary/aromatic N) is 2. The van der Waals surface area contributed by atoms with E-state index in [1.165, 1.54) is 5.56 Å². The molecule has 1 aliphatic heterocycles. The van der Waals surface area contributed by atoms with E-state index in [9.17, 15) is 0 Å². The van der Waals surface area contributed by atoms with Crippen LogP contribution in [0, 0.1) is 0 Å².